The molecule has 2 fully saturated rings. The van der Waals surface area contributed by atoms with Crippen LogP contribution in [0.25, 0.3) is 0 Å². The molecule has 1 aromatic rings. The van der Waals surface area contributed by atoms with Crippen LogP contribution in [-0.4, -0.2) is 69.3 Å². The van der Waals surface area contributed by atoms with Crippen molar-refractivity contribution >= 4 is 0 Å². The van der Waals surface area contributed by atoms with Gasteiger partial charge in [-0.2, -0.15) is 0 Å². The van der Waals surface area contributed by atoms with Crippen LogP contribution >= 0.6 is 0 Å². The van der Waals surface area contributed by atoms with Gasteiger partial charge in [-0.15, -0.1) is 0 Å². The zero-order valence-electron chi connectivity index (χ0n) is 16.0. The first kappa shape index (κ1) is 18.5. The molecule has 0 saturated carbocycles. The van der Waals surface area contributed by atoms with Crippen LogP contribution in [0.4, 0.5) is 0 Å². The van der Waals surface area contributed by atoms with E-state index < -0.39 is 0 Å². The smallest absolute Gasteiger partial charge is 0.123 e. The summed E-state index contributed by atoms with van der Waals surface area (Å²) in [5.74, 6) is 1.87. The number of nitrogens with one attached hydrogen (secondary N) is 1. The van der Waals surface area contributed by atoms with E-state index in [2.05, 4.69) is 28.1 Å². The average Bonchev–Trinajstić information content (AvgIpc) is 2.66. The number of rotatable bonds is 6. The summed E-state index contributed by atoms with van der Waals surface area (Å²) in [4.78, 5) is 5.24. The summed E-state index contributed by atoms with van der Waals surface area (Å²) in [6, 6.07) is 7.06. The number of hydrogen-bond donors (Lipinski definition) is 1. The summed E-state index contributed by atoms with van der Waals surface area (Å²) in [6.07, 6.45) is 4.01. The zero-order chi connectivity index (χ0) is 17.6. The van der Waals surface area contributed by atoms with E-state index in [0.717, 1.165) is 37.7 Å². The van der Waals surface area contributed by atoms with Gasteiger partial charge in [-0.05, 0) is 51.1 Å². The second-order valence-electron chi connectivity index (χ2n) is 7.34. The van der Waals surface area contributed by atoms with Crippen LogP contribution in [0, 0.1) is 0 Å². The van der Waals surface area contributed by atoms with Gasteiger partial charge in [0.2, 0.25) is 0 Å². The fourth-order valence-electron chi connectivity index (χ4n) is 4.14. The molecule has 2 unspecified atom stereocenters. The molecule has 5 nitrogen and oxygen atoms in total. The van der Waals surface area contributed by atoms with Crippen molar-refractivity contribution in [2.75, 3.05) is 53.5 Å². The number of hydrogen-bond acceptors (Lipinski definition) is 5. The first-order chi connectivity index (χ1) is 12.2. The number of piperazine rings is 1. The Kier molecular flexibility index (Phi) is 6.57. The predicted molar refractivity (Wildman–Crippen MR) is 102 cm³/mol. The maximum Gasteiger partial charge on any atom is 0.123 e. The standard InChI is InChI=1S/C20H33N3O2/c1-16-14-23(12-9-21-16)19(15-22-10-5-4-6-11-22)18-13-17(24-2)7-8-20(18)25-3/h7-8,13,16,19,21H,4-6,9-12,14-15H2,1-3H3. The third kappa shape index (κ3) is 4.66. The Morgan fingerprint density at radius 3 is 2.60 bits per heavy atom. The quantitative estimate of drug-likeness (QED) is 0.856. The fraction of sp³-hybridized carbons (Fsp3) is 0.700. The molecule has 2 aliphatic heterocycles. The minimum Gasteiger partial charge on any atom is -0.497 e. The zero-order valence-corrected chi connectivity index (χ0v) is 16.0. The summed E-state index contributed by atoms with van der Waals surface area (Å²) in [5, 5.41) is 3.56. The Balaban J connectivity index is 1.89. The minimum atomic E-state index is 0.340. The maximum absolute atomic E-state index is 5.72. The lowest BCUT2D eigenvalue weighted by Gasteiger charge is -2.41. The predicted octanol–water partition coefficient (Wildman–Crippen LogP) is 2.52. The summed E-state index contributed by atoms with van der Waals surface area (Å²) in [7, 11) is 3.50. The van der Waals surface area contributed by atoms with Crippen LogP contribution in [0.2, 0.25) is 0 Å². The first-order valence-electron chi connectivity index (χ1n) is 9.63. The third-order valence-electron chi connectivity index (χ3n) is 5.52. The van der Waals surface area contributed by atoms with Crippen molar-refractivity contribution in [3.63, 3.8) is 0 Å². The lowest BCUT2D eigenvalue weighted by Crippen LogP contribution is -2.52. The van der Waals surface area contributed by atoms with E-state index in [-0.39, 0.29) is 0 Å². The molecule has 5 heteroatoms. The maximum atomic E-state index is 5.72. The Labute approximate surface area is 152 Å². The summed E-state index contributed by atoms with van der Waals surface area (Å²) >= 11 is 0. The van der Waals surface area contributed by atoms with Gasteiger partial charge in [-0.3, -0.25) is 4.90 Å². The van der Waals surface area contributed by atoms with Crippen molar-refractivity contribution in [3.05, 3.63) is 23.8 Å². The molecule has 3 rings (SSSR count). The molecule has 2 aliphatic rings. The molecular weight excluding hydrogens is 314 g/mol. The number of ether oxygens (including phenoxy) is 2. The molecule has 0 radical (unpaired) electrons. The van der Waals surface area contributed by atoms with Crippen LogP contribution in [0.1, 0.15) is 37.8 Å². The Morgan fingerprint density at radius 2 is 1.92 bits per heavy atom. The molecule has 1 N–H and O–H groups in total. The monoisotopic (exact) mass is 347 g/mol. The third-order valence-corrected chi connectivity index (χ3v) is 5.52. The molecule has 0 amide bonds. The van der Waals surface area contributed by atoms with Crippen LogP contribution in [0.3, 0.4) is 0 Å². The van der Waals surface area contributed by atoms with Crippen molar-refractivity contribution in [1.82, 2.24) is 15.1 Å². The van der Waals surface area contributed by atoms with E-state index in [1.807, 2.05) is 12.1 Å². The highest BCUT2D eigenvalue weighted by atomic mass is 16.5. The highest BCUT2D eigenvalue weighted by Gasteiger charge is 2.29. The fourth-order valence-corrected chi connectivity index (χ4v) is 4.14. The summed E-state index contributed by atoms with van der Waals surface area (Å²) in [5.41, 5.74) is 1.25. The summed E-state index contributed by atoms with van der Waals surface area (Å²) < 4.78 is 11.2. The Bertz CT molecular complexity index is 546. The van der Waals surface area contributed by atoms with Gasteiger partial charge in [-0.25, -0.2) is 0 Å². The van der Waals surface area contributed by atoms with Crippen molar-refractivity contribution in [2.45, 2.75) is 38.3 Å². The molecule has 2 saturated heterocycles. The van der Waals surface area contributed by atoms with E-state index in [1.165, 1.54) is 37.9 Å². The van der Waals surface area contributed by atoms with Crippen LogP contribution in [-0.2, 0) is 0 Å². The van der Waals surface area contributed by atoms with Gasteiger partial charge in [0.25, 0.3) is 0 Å². The van der Waals surface area contributed by atoms with Crippen LogP contribution in [0.15, 0.2) is 18.2 Å². The molecule has 1 aromatic carbocycles. The highest BCUT2D eigenvalue weighted by molar-refractivity contribution is 5.42. The van der Waals surface area contributed by atoms with Gasteiger partial charge in [-0.1, -0.05) is 6.42 Å². The van der Waals surface area contributed by atoms with E-state index in [9.17, 15) is 0 Å². The van der Waals surface area contributed by atoms with E-state index in [4.69, 9.17) is 9.47 Å². The van der Waals surface area contributed by atoms with Gasteiger partial charge < -0.3 is 19.7 Å². The lowest BCUT2D eigenvalue weighted by molar-refractivity contribution is 0.0987. The molecule has 0 aromatic heterocycles. The molecule has 25 heavy (non-hydrogen) atoms. The molecule has 2 heterocycles. The number of likely N-dealkylation sites (tertiary alicyclic amines) is 1. The number of nitrogens with zero attached hydrogens (tertiary/aromatic N) is 2. The van der Waals surface area contributed by atoms with Crippen molar-refractivity contribution < 1.29 is 9.47 Å². The number of methoxy groups -OCH3 is 2. The largest absolute Gasteiger partial charge is 0.497 e. The van der Waals surface area contributed by atoms with E-state index in [0.29, 0.717) is 12.1 Å². The van der Waals surface area contributed by atoms with E-state index in [1.54, 1.807) is 14.2 Å². The van der Waals surface area contributed by atoms with Gasteiger partial charge >= 0.3 is 0 Å². The van der Waals surface area contributed by atoms with Gasteiger partial charge in [0.05, 0.1) is 20.3 Å². The molecule has 2 atom stereocenters. The number of benzene rings is 1. The molecule has 140 valence electrons. The number of piperidine rings is 1. The van der Waals surface area contributed by atoms with Crippen molar-refractivity contribution in [3.8, 4) is 11.5 Å². The van der Waals surface area contributed by atoms with Crippen LogP contribution < -0.4 is 14.8 Å². The minimum absolute atomic E-state index is 0.340. The van der Waals surface area contributed by atoms with Crippen molar-refractivity contribution in [2.24, 2.45) is 0 Å². The van der Waals surface area contributed by atoms with Gasteiger partial charge in [0.15, 0.2) is 0 Å². The highest BCUT2D eigenvalue weighted by Crippen LogP contribution is 2.34. The van der Waals surface area contributed by atoms with Crippen molar-refractivity contribution in [1.29, 1.82) is 0 Å². The Hall–Kier alpha value is -1.30. The molecule has 0 bridgehead atoms. The first-order valence-corrected chi connectivity index (χ1v) is 9.63. The van der Waals surface area contributed by atoms with Crippen LogP contribution in [0.5, 0.6) is 11.5 Å². The molecule has 0 spiro atoms. The normalized spacial score (nSPS) is 24.0. The Morgan fingerprint density at radius 1 is 1.12 bits per heavy atom. The molecular formula is C20H33N3O2. The topological polar surface area (TPSA) is 37.0 Å². The second kappa shape index (κ2) is 8.88. The molecule has 0 aliphatic carbocycles. The summed E-state index contributed by atoms with van der Waals surface area (Å²) in [6.45, 7) is 8.95. The van der Waals surface area contributed by atoms with E-state index >= 15 is 0 Å². The lowest BCUT2D eigenvalue weighted by atomic mass is 9.99. The van der Waals surface area contributed by atoms with Gasteiger partial charge in [0.1, 0.15) is 11.5 Å². The second-order valence-corrected chi connectivity index (χ2v) is 7.34. The SMILES string of the molecule is COc1ccc(OC)c(C(CN2CCCCC2)N2CCNC(C)C2)c1. The van der Waals surface area contributed by atoms with Gasteiger partial charge in [0, 0.05) is 37.8 Å². The average molecular weight is 348 g/mol.